The van der Waals surface area contributed by atoms with Gasteiger partial charge in [-0.15, -0.1) is 0 Å². The molecule has 0 saturated heterocycles. The lowest BCUT2D eigenvalue weighted by Crippen LogP contribution is -2.10. The van der Waals surface area contributed by atoms with Crippen molar-refractivity contribution in [3.05, 3.63) is 224 Å². The Balaban J connectivity index is 1.25. The molecule has 0 heterocycles. The molecule has 0 N–H and O–H groups in total. The molecule has 1 heteroatoms. The smallest absolute Gasteiger partial charge is 0.0468 e. The van der Waals surface area contributed by atoms with E-state index in [9.17, 15) is 0 Å². The van der Waals surface area contributed by atoms with Gasteiger partial charge in [0.1, 0.15) is 0 Å². The highest BCUT2D eigenvalue weighted by Gasteiger charge is 2.19. The minimum Gasteiger partial charge on any atom is -0.310 e. The Bertz CT molecular complexity index is 2630. The molecule has 250 valence electrons. The van der Waals surface area contributed by atoms with Gasteiger partial charge in [-0.1, -0.05) is 182 Å². The van der Waals surface area contributed by atoms with Crippen molar-refractivity contribution in [2.75, 3.05) is 4.90 Å². The summed E-state index contributed by atoms with van der Waals surface area (Å²) in [5, 5.41) is 2.48. The van der Waals surface area contributed by atoms with Crippen LogP contribution in [0.4, 0.5) is 17.1 Å². The van der Waals surface area contributed by atoms with Crippen molar-refractivity contribution < 1.29 is 0 Å². The maximum atomic E-state index is 2.40. The molecule has 0 bridgehead atoms. The molecule has 0 amide bonds. The van der Waals surface area contributed by atoms with E-state index in [4.69, 9.17) is 0 Å². The molecule has 0 saturated carbocycles. The zero-order valence-corrected chi connectivity index (χ0v) is 29.3. The Hall–Kier alpha value is -6.96. The van der Waals surface area contributed by atoms with E-state index in [1.807, 2.05) is 0 Å². The fraction of sp³-hybridized carbons (Fsp3) is 0. The zero-order valence-electron chi connectivity index (χ0n) is 29.3. The first kappa shape index (κ1) is 32.0. The number of hydrogen-bond donors (Lipinski definition) is 0. The first-order chi connectivity index (χ1) is 26.3. The van der Waals surface area contributed by atoms with Gasteiger partial charge < -0.3 is 4.90 Å². The van der Waals surface area contributed by atoms with E-state index in [2.05, 4.69) is 229 Å². The van der Waals surface area contributed by atoms with Crippen LogP contribution >= 0.6 is 0 Å². The minimum atomic E-state index is 1.09. The molecule has 53 heavy (non-hydrogen) atoms. The molecule has 0 radical (unpaired) electrons. The zero-order chi connectivity index (χ0) is 35.4. The van der Waals surface area contributed by atoms with Gasteiger partial charge in [-0.2, -0.15) is 0 Å². The van der Waals surface area contributed by atoms with Crippen LogP contribution in [-0.4, -0.2) is 0 Å². The maximum Gasteiger partial charge on any atom is 0.0468 e. The summed E-state index contributed by atoms with van der Waals surface area (Å²) >= 11 is 0. The summed E-state index contributed by atoms with van der Waals surface area (Å²) in [6, 6.07) is 80.9. The van der Waals surface area contributed by atoms with Gasteiger partial charge >= 0.3 is 0 Å². The molecule has 0 atom stereocenters. The Kier molecular flexibility index (Phi) is 8.66. The van der Waals surface area contributed by atoms with Crippen molar-refractivity contribution in [2.45, 2.75) is 0 Å². The van der Waals surface area contributed by atoms with Crippen LogP contribution < -0.4 is 4.90 Å². The Morgan fingerprint density at radius 1 is 0.208 bits per heavy atom. The van der Waals surface area contributed by atoms with Crippen LogP contribution in [0.25, 0.3) is 66.4 Å². The topological polar surface area (TPSA) is 3.24 Å². The van der Waals surface area contributed by atoms with E-state index < -0.39 is 0 Å². The molecule has 0 fully saturated rings. The number of rotatable bonds is 8. The molecular weight excluding hydrogens is 639 g/mol. The molecule has 9 rings (SSSR count). The summed E-state index contributed by atoms with van der Waals surface area (Å²) in [6.07, 6.45) is 0. The third-order valence-electron chi connectivity index (χ3n) is 10.1. The first-order valence-electron chi connectivity index (χ1n) is 18.2. The molecule has 0 aliphatic rings. The number of anilines is 3. The normalized spacial score (nSPS) is 11.0. The molecule has 0 aliphatic carbocycles. The molecule has 1 nitrogen and oxygen atoms in total. The van der Waals surface area contributed by atoms with Crippen LogP contribution in [0.3, 0.4) is 0 Å². The quantitative estimate of drug-likeness (QED) is 0.155. The maximum absolute atomic E-state index is 2.40. The van der Waals surface area contributed by atoms with Gasteiger partial charge in [0.25, 0.3) is 0 Å². The van der Waals surface area contributed by atoms with Crippen molar-refractivity contribution in [1.82, 2.24) is 0 Å². The molecule has 0 unspecified atom stereocenters. The average molecular weight is 676 g/mol. The van der Waals surface area contributed by atoms with Crippen molar-refractivity contribution in [2.24, 2.45) is 0 Å². The largest absolute Gasteiger partial charge is 0.310 e. The van der Waals surface area contributed by atoms with E-state index in [0.717, 1.165) is 17.1 Å². The summed E-state index contributed by atoms with van der Waals surface area (Å²) in [5.41, 5.74) is 15.2. The van der Waals surface area contributed by atoms with Crippen molar-refractivity contribution in [3.8, 4) is 55.6 Å². The predicted molar refractivity (Wildman–Crippen MR) is 226 cm³/mol. The van der Waals surface area contributed by atoms with E-state index in [-0.39, 0.29) is 0 Å². The molecule has 9 aromatic carbocycles. The highest BCUT2D eigenvalue weighted by molar-refractivity contribution is 5.94. The van der Waals surface area contributed by atoms with Crippen LogP contribution in [0.1, 0.15) is 0 Å². The van der Waals surface area contributed by atoms with E-state index >= 15 is 0 Å². The molecule has 0 aromatic heterocycles. The third kappa shape index (κ3) is 6.53. The lowest BCUT2D eigenvalue weighted by molar-refractivity contribution is 1.28. The molecule has 9 aromatic rings. The summed E-state index contributed by atoms with van der Waals surface area (Å²) in [7, 11) is 0. The Morgan fingerprint density at radius 2 is 0.585 bits per heavy atom. The van der Waals surface area contributed by atoms with Crippen LogP contribution in [-0.2, 0) is 0 Å². The van der Waals surface area contributed by atoms with E-state index in [1.165, 1.54) is 66.4 Å². The summed E-state index contributed by atoms with van der Waals surface area (Å²) in [6.45, 7) is 0. The minimum absolute atomic E-state index is 1.09. The van der Waals surface area contributed by atoms with Crippen molar-refractivity contribution in [3.63, 3.8) is 0 Å². The van der Waals surface area contributed by atoms with Gasteiger partial charge in [0.05, 0.1) is 0 Å². The Morgan fingerprint density at radius 3 is 1.11 bits per heavy atom. The van der Waals surface area contributed by atoms with Gasteiger partial charge in [-0.3, -0.25) is 0 Å². The average Bonchev–Trinajstić information content (AvgIpc) is 3.25. The number of hydrogen-bond acceptors (Lipinski definition) is 1. The van der Waals surface area contributed by atoms with Crippen molar-refractivity contribution in [1.29, 1.82) is 0 Å². The van der Waals surface area contributed by atoms with Crippen LogP contribution in [0.5, 0.6) is 0 Å². The van der Waals surface area contributed by atoms with Gasteiger partial charge in [-0.25, -0.2) is 0 Å². The van der Waals surface area contributed by atoms with Crippen LogP contribution in [0.15, 0.2) is 224 Å². The van der Waals surface area contributed by atoms with E-state index in [1.54, 1.807) is 0 Å². The van der Waals surface area contributed by atoms with Crippen LogP contribution in [0.2, 0.25) is 0 Å². The monoisotopic (exact) mass is 675 g/mol. The molecule has 0 aliphatic heterocycles. The van der Waals surface area contributed by atoms with Gasteiger partial charge in [0.15, 0.2) is 0 Å². The molecular formula is C52H37N. The fourth-order valence-electron chi connectivity index (χ4n) is 7.41. The first-order valence-corrected chi connectivity index (χ1v) is 18.2. The van der Waals surface area contributed by atoms with Gasteiger partial charge in [-0.05, 0) is 109 Å². The number of nitrogens with zero attached hydrogens (tertiary/aromatic N) is 1. The molecule has 0 spiro atoms. The lowest BCUT2D eigenvalue weighted by atomic mass is 9.92. The Labute approximate surface area is 311 Å². The highest BCUT2D eigenvalue weighted by atomic mass is 15.1. The van der Waals surface area contributed by atoms with E-state index in [0.29, 0.717) is 0 Å². The van der Waals surface area contributed by atoms with Crippen molar-refractivity contribution >= 4 is 27.8 Å². The third-order valence-corrected chi connectivity index (χ3v) is 10.1. The number of benzene rings is 9. The SMILES string of the molecule is c1ccc(-c2ccc(N(c3ccc(-c4ccccc4)c(-c4ccccc4)c3)c3ccc(-c4ccc5ccccc5c4)c(-c4ccccc4)c3)cc2)cc1. The van der Waals surface area contributed by atoms with Gasteiger partial charge in [0.2, 0.25) is 0 Å². The highest BCUT2D eigenvalue weighted by Crippen LogP contribution is 2.44. The second-order valence-electron chi connectivity index (χ2n) is 13.4. The van der Waals surface area contributed by atoms with Gasteiger partial charge in [0, 0.05) is 17.1 Å². The second kappa shape index (κ2) is 14.3. The summed E-state index contributed by atoms with van der Waals surface area (Å²) < 4.78 is 0. The lowest BCUT2D eigenvalue weighted by Gasteiger charge is -2.28. The fourth-order valence-corrected chi connectivity index (χ4v) is 7.41. The number of fused-ring (bicyclic) bond motifs is 1. The van der Waals surface area contributed by atoms with Crippen LogP contribution in [0, 0.1) is 0 Å². The summed E-state index contributed by atoms with van der Waals surface area (Å²) in [4.78, 5) is 2.40. The standard InChI is InChI=1S/C52H37N/c1-5-15-38(16-6-1)40-27-29-46(30-28-40)53(47-31-33-49(41-18-7-2-8-19-41)51(36-47)42-20-9-3-10-21-42)48-32-34-50(52(37-48)43-22-11-4-12-23-43)45-26-25-39-17-13-14-24-44(39)35-45/h1-37H. The predicted octanol–water partition coefficient (Wildman–Crippen LogP) is 14.6. The summed E-state index contributed by atoms with van der Waals surface area (Å²) in [5.74, 6) is 0. The second-order valence-corrected chi connectivity index (χ2v) is 13.4.